The highest BCUT2D eigenvalue weighted by Crippen LogP contribution is 2.51. The first-order chi connectivity index (χ1) is 8.65. The smallest absolute Gasteiger partial charge is 0.314 e. The normalized spacial score (nSPS) is 20.1. The number of carboxylic acids is 1. The summed E-state index contributed by atoms with van der Waals surface area (Å²) in [6.07, 6.45) is 1.67. The number of carboxylic acid groups (broad SMARTS) is 1. The molecular formula is C13H13FO4. The van der Waals surface area contributed by atoms with E-state index in [9.17, 15) is 14.3 Å². The van der Waals surface area contributed by atoms with Crippen LogP contribution in [0.25, 0.3) is 0 Å². The number of benzene rings is 1. The number of carbonyl (C=O) groups is 1. The number of halogens is 1. The van der Waals surface area contributed by atoms with E-state index < -0.39 is 17.2 Å². The highest BCUT2D eigenvalue weighted by molar-refractivity contribution is 5.84. The SMILES string of the molecule is O=C(O)C1(c2c(F)ccc3c2OCCO3)CCC1. The molecule has 0 atom stereocenters. The Bertz CT molecular complexity index is 508. The zero-order valence-corrected chi connectivity index (χ0v) is 9.74. The predicted octanol–water partition coefficient (Wildman–Crippen LogP) is 2.10. The molecule has 4 nitrogen and oxygen atoms in total. The molecule has 1 saturated carbocycles. The Hall–Kier alpha value is -1.78. The van der Waals surface area contributed by atoms with Crippen molar-refractivity contribution in [2.45, 2.75) is 24.7 Å². The van der Waals surface area contributed by atoms with Crippen molar-refractivity contribution in [3.63, 3.8) is 0 Å². The van der Waals surface area contributed by atoms with Crippen LogP contribution in [0.3, 0.4) is 0 Å². The van der Waals surface area contributed by atoms with Crippen molar-refractivity contribution < 1.29 is 23.8 Å². The van der Waals surface area contributed by atoms with Crippen LogP contribution in [0.15, 0.2) is 12.1 Å². The van der Waals surface area contributed by atoms with Gasteiger partial charge in [0, 0.05) is 0 Å². The summed E-state index contributed by atoms with van der Waals surface area (Å²) in [5.74, 6) is -0.815. The fourth-order valence-electron chi connectivity index (χ4n) is 2.64. The van der Waals surface area contributed by atoms with E-state index >= 15 is 0 Å². The maximum absolute atomic E-state index is 14.1. The highest BCUT2D eigenvalue weighted by Gasteiger charge is 2.50. The molecule has 1 heterocycles. The Kier molecular flexibility index (Phi) is 2.43. The zero-order valence-electron chi connectivity index (χ0n) is 9.74. The molecule has 0 amide bonds. The van der Waals surface area contributed by atoms with Crippen molar-refractivity contribution in [1.29, 1.82) is 0 Å². The van der Waals surface area contributed by atoms with E-state index in [2.05, 4.69) is 0 Å². The van der Waals surface area contributed by atoms with Gasteiger partial charge in [-0.05, 0) is 25.0 Å². The number of hydrogen-bond acceptors (Lipinski definition) is 3. The van der Waals surface area contributed by atoms with E-state index in [1.807, 2.05) is 0 Å². The largest absolute Gasteiger partial charge is 0.486 e. The minimum Gasteiger partial charge on any atom is -0.486 e. The molecule has 0 bridgehead atoms. The summed E-state index contributed by atoms with van der Waals surface area (Å²) in [4.78, 5) is 11.5. The Morgan fingerprint density at radius 3 is 2.61 bits per heavy atom. The molecule has 18 heavy (non-hydrogen) atoms. The second-order valence-electron chi connectivity index (χ2n) is 4.69. The summed E-state index contributed by atoms with van der Waals surface area (Å²) >= 11 is 0. The van der Waals surface area contributed by atoms with Gasteiger partial charge in [0.15, 0.2) is 11.5 Å². The Balaban J connectivity index is 2.18. The van der Waals surface area contributed by atoms with Gasteiger partial charge in [-0.2, -0.15) is 0 Å². The van der Waals surface area contributed by atoms with E-state index in [0.717, 1.165) is 6.42 Å². The maximum atomic E-state index is 14.1. The van der Waals surface area contributed by atoms with Gasteiger partial charge in [0.1, 0.15) is 19.0 Å². The van der Waals surface area contributed by atoms with Gasteiger partial charge in [-0.1, -0.05) is 6.42 Å². The van der Waals surface area contributed by atoms with Crippen molar-refractivity contribution >= 4 is 5.97 Å². The molecule has 0 saturated heterocycles. The van der Waals surface area contributed by atoms with E-state index in [0.29, 0.717) is 31.8 Å². The first-order valence-electron chi connectivity index (χ1n) is 5.97. The number of aliphatic carboxylic acids is 1. The van der Waals surface area contributed by atoms with Gasteiger partial charge in [-0.15, -0.1) is 0 Å². The van der Waals surface area contributed by atoms with Crippen LogP contribution in [0.2, 0.25) is 0 Å². The molecule has 0 spiro atoms. The molecule has 5 heteroatoms. The van der Waals surface area contributed by atoms with E-state index in [4.69, 9.17) is 9.47 Å². The average Bonchev–Trinajstić information content (AvgIpc) is 2.30. The molecule has 1 aromatic carbocycles. The molecule has 1 aliphatic carbocycles. The minimum atomic E-state index is -1.14. The topological polar surface area (TPSA) is 55.8 Å². The lowest BCUT2D eigenvalue weighted by atomic mass is 9.64. The third kappa shape index (κ3) is 1.39. The molecule has 1 N–H and O–H groups in total. The average molecular weight is 252 g/mol. The van der Waals surface area contributed by atoms with Gasteiger partial charge >= 0.3 is 5.97 Å². The summed E-state index contributed by atoms with van der Waals surface area (Å²) in [5, 5.41) is 9.40. The van der Waals surface area contributed by atoms with Gasteiger partial charge in [0.2, 0.25) is 0 Å². The second-order valence-corrected chi connectivity index (χ2v) is 4.69. The molecule has 96 valence electrons. The van der Waals surface area contributed by atoms with Crippen molar-refractivity contribution in [2.24, 2.45) is 0 Å². The highest BCUT2D eigenvalue weighted by atomic mass is 19.1. The quantitative estimate of drug-likeness (QED) is 0.875. The van der Waals surface area contributed by atoms with Crippen molar-refractivity contribution in [1.82, 2.24) is 0 Å². The Morgan fingerprint density at radius 2 is 2.00 bits per heavy atom. The molecule has 3 rings (SSSR count). The van der Waals surface area contributed by atoms with Gasteiger partial charge in [-0.25, -0.2) is 4.39 Å². The summed E-state index contributed by atoms with van der Waals surface area (Å²) < 4.78 is 24.9. The predicted molar refractivity (Wildman–Crippen MR) is 60.6 cm³/mol. The Morgan fingerprint density at radius 1 is 1.28 bits per heavy atom. The lowest BCUT2D eigenvalue weighted by Gasteiger charge is -2.39. The molecule has 1 aliphatic heterocycles. The fraction of sp³-hybridized carbons (Fsp3) is 0.462. The minimum absolute atomic E-state index is 0.151. The molecule has 0 unspecified atom stereocenters. The van der Waals surface area contributed by atoms with Crippen LogP contribution in [-0.4, -0.2) is 24.3 Å². The lowest BCUT2D eigenvalue weighted by molar-refractivity contribution is -0.147. The fourth-order valence-corrected chi connectivity index (χ4v) is 2.64. The zero-order chi connectivity index (χ0) is 12.8. The van der Waals surface area contributed by atoms with Crippen molar-refractivity contribution in [3.05, 3.63) is 23.5 Å². The van der Waals surface area contributed by atoms with Crippen LogP contribution in [0.1, 0.15) is 24.8 Å². The molecule has 1 fully saturated rings. The first kappa shape index (κ1) is 11.3. The van der Waals surface area contributed by atoms with Crippen LogP contribution in [0, 0.1) is 5.82 Å². The first-order valence-corrected chi connectivity index (χ1v) is 5.97. The summed E-state index contributed by atoms with van der Waals surface area (Å²) in [5.41, 5.74) is -0.991. The van der Waals surface area contributed by atoms with Gasteiger partial charge < -0.3 is 14.6 Å². The maximum Gasteiger partial charge on any atom is 0.314 e. The summed E-state index contributed by atoms with van der Waals surface area (Å²) in [6.45, 7) is 0.720. The van der Waals surface area contributed by atoms with Crippen LogP contribution in [-0.2, 0) is 10.2 Å². The summed E-state index contributed by atoms with van der Waals surface area (Å²) in [7, 11) is 0. The second kappa shape index (κ2) is 3.86. The standard InChI is InChI=1S/C13H13FO4/c14-8-2-3-9-11(18-7-6-17-9)10(8)13(12(15)16)4-1-5-13/h2-3H,1,4-7H2,(H,15,16). The van der Waals surface area contributed by atoms with E-state index in [1.165, 1.54) is 12.1 Å². The summed E-state index contributed by atoms with van der Waals surface area (Å²) in [6, 6.07) is 2.74. The lowest BCUT2D eigenvalue weighted by Crippen LogP contribution is -2.43. The molecule has 0 radical (unpaired) electrons. The monoisotopic (exact) mass is 252 g/mol. The number of rotatable bonds is 2. The van der Waals surface area contributed by atoms with Crippen molar-refractivity contribution in [3.8, 4) is 11.5 Å². The van der Waals surface area contributed by atoms with Crippen molar-refractivity contribution in [2.75, 3.05) is 13.2 Å². The van der Waals surface area contributed by atoms with Crippen LogP contribution in [0.4, 0.5) is 4.39 Å². The number of fused-ring (bicyclic) bond motifs is 1. The van der Waals surface area contributed by atoms with Crippen LogP contribution < -0.4 is 9.47 Å². The number of hydrogen-bond donors (Lipinski definition) is 1. The Labute approximate surface area is 103 Å². The molecule has 2 aliphatic rings. The van der Waals surface area contributed by atoms with E-state index in [1.54, 1.807) is 0 Å². The third-order valence-corrected chi connectivity index (χ3v) is 3.75. The molecule has 0 aromatic heterocycles. The number of ether oxygens (including phenoxy) is 2. The molecular weight excluding hydrogens is 239 g/mol. The van der Waals surface area contributed by atoms with Gasteiger partial charge in [-0.3, -0.25) is 4.79 Å². The van der Waals surface area contributed by atoms with Crippen LogP contribution in [0.5, 0.6) is 11.5 Å². The molecule has 1 aromatic rings. The van der Waals surface area contributed by atoms with E-state index in [-0.39, 0.29) is 11.3 Å². The van der Waals surface area contributed by atoms with Gasteiger partial charge in [0.25, 0.3) is 0 Å². The van der Waals surface area contributed by atoms with Crippen LogP contribution >= 0.6 is 0 Å². The third-order valence-electron chi connectivity index (χ3n) is 3.75. The van der Waals surface area contributed by atoms with Gasteiger partial charge in [0.05, 0.1) is 11.0 Å².